The molecule has 0 saturated carbocycles. The van der Waals surface area contributed by atoms with Crippen LogP contribution in [0.5, 0.6) is 0 Å². The Balaban J connectivity index is 2.13. The third kappa shape index (κ3) is 2.60. The second-order valence-electron chi connectivity index (χ2n) is 4.42. The molecule has 0 aliphatic carbocycles. The molecule has 1 aliphatic rings. The van der Waals surface area contributed by atoms with Gasteiger partial charge in [-0.1, -0.05) is 0 Å². The summed E-state index contributed by atoms with van der Waals surface area (Å²) in [4.78, 5) is 17.9. The standard InChI is InChI=1S/C12H17N3O3/c1-8-7-18-10(6-16)5-15(8)12(17)9-2-3-11(13)14-4-9/h2-4,8,10,16H,5-7H2,1H3,(H2,13,14). The van der Waals surface area contributed by atoms with Crippen molar-refractivity contribution in [2.45, 2.75) is 19.1 Å². The van der Waals surface area contributed by atoms with E-state index in [0.29, 0.717) is 24.5 Å². The van der Waals surface area contributed by atoms with Gasteiger partial charge in [-0.15, -0.1) is 0 Å². The van der Waals surface area contributed by atoms with Gasteiger partial charge in [-0.2, -0.15) is 0 Å². The van der Waals surface area contributed by atoms with E-state index in [1.54, 1.807) is 17.0 Å². The van der Waals surface area contributed by atoms with E-state index in [9.17, 15) is 4.79 Å². The van der Waals surface area contributed by atoms with Crippen LogP contribution in [0.4, 0.5) is 5.82 Å². The molecular formula is C12H17N3O3. The molecule has 0 bridgehead atoms. The van der Waals surface area contributed by atoms with Crippen LogP contribution in [-0.4, -0.2) is 52.8 Å². The summed E-state index contributed by atoms with van der Waals surface area (Å²) in [6.45, 7) is 2.65. The predicted molar refractivity (Wildman–Crippen MR) is 66.0 cm³/mol. The number of aromatic nitrogens is 1. The Hall–Kier alpha value is -1.66. The quantitative estimate of drug-likeness (QED) is 0.765. The van der Waals surface area contributed by atoms with Gasteiger partial charge in [-0.3, -0.25) is 4.79 Å². The summed E-state index contributed by atoms with van der Waals surface area (Å²) in [6.07, 6.45) is 1.15. The highest BCUT2D eigenvalue weighted by Gasteiger charge is 2.29. The van der Waals surface area contributed by atoms with Crippen LogP contribution in [0.25, 0.3) is 0 Å². The van der Waals surface area contributed by atoms with Crippen molar-refractivity contribution in [1.82, 2.24) is 9.88 Å². The zero-order valence-electron chi connectivity index (χ0n) is 10.2. The Morgan fingerprint density at radius 3 is 3.06 bits per heavy atom. The predicted octanol–water partition coefficient (Wildman–Crippen LogP) is -0.114. The van der Waals surface area contributed by atoms with E-state index in [1.807, 2.05) is 6.92 Å². The average molecular weight is 251 g/mol. The number of carbonyl (C=O) groups is 1. The maximum absolute atomic E-state index is 12.3. The highest BCUT2D eigenvalue weighted by atomic mass is 16.5. The number of ether oxygens (including phenoxy) is 1. The lowest BCUT2D eigenvalue weighted by atomic mass is 10.1. The number of aliphatic hydroxyl groups is 1. The molecule has 1 aromatic rings. The SMILES string of the molecule is CC1COC(CO)CN1C(=O)c1ccc(N)nc1. The largest absolute Gasteiger partial charge is 0.394 e. The molecule has 1 aliphatic heterocycles. The molecule has 2 atom stereocenters. The number of pyridine rings is 1. The summed E-state index contributed by atoms with van der Waals surface area (Å²) >= 11 is 0. The Morgan fingerprint density at radius 2 is 2.44 bits per heavy atom. The summed E-state index contributed by atoms with van der Waals surface area (Å²) < 4.78 is 5.40. The fraction of sp³-hybridized carbons (Fsp3) is 0.500. The van der Waals surface area contributed by atoms with Gasteiger partial charge in [0, 0.05) is 12.7 Å². The smallest absolute Gasteiger partial charge is 0.255 e. The molecule has 2 heterocycles. The lowest BCUT2D eigenvalue weighted by Gasteiger charge is -2.37. The van der Waals surface area contributed by atoms with Crippen LogP contribution in [0.1, 0.15) is 17.3 Å². The number of nitrogen functional groups attached to an aromatic ring is 1. The first-order valence-corrected chi connectivity index (χ1v) is 5.86. The Morgan fingerprint density at radius 1 is 1.67 bits per heavy atom. The van der Waals surface area contributed by atoms with E-state index in [0.717, 1.165) is 0 Å². The van der Waals surface area contributed by atoms with Crippen molar-refractivity contribution in [1.29, 1.82) is 0 Å². The number of hydrogen-bond donors (Lipinski definition) is 2. The van der Waals surface area contributed by atoms with E-state index >= 15 is 0 Å². The van der Waals surface area contributed by atoms with Gasteiger partial charge in [0.1, 0.15) is 5.82 Å². The molecule has 0 aromatic carbocycles. The third-order valence-corrected chi connectivity index (χ3v) is 3.00. The van der Waals surface area contributed by atoms with Gasteiger partial charge < -0.3 is 20.5 Å². The zero-order valence-corrected chi connectivity index (χ0v) is 10.2. The molecular weight excluding hydrogens is 234 g/mol. The van der Waals surface area contributed by atoms with Crippen molar-refractivity contribution in [3.8, 4) is 0 Å². The fourth-order valence-electron chi connectivity index (χ4n) is 1.91. The van der Waals surface area contributed by atoms with E-state index in [4.69, 9.17) is 15.6 Å². The number of nitrogens with zero attached hydrogens (tertiary/aromatic N) is 2. The van der Waals surface area contributed by atoms with E-state index < -0.39 is 0 Å². The Kier molecular flexibility index (Phi) is 3.78. The topological polar surface area (TPSA) is 88.7 Å². The highest BCUT2D eigenvalue weighted by molar-refractivity contribution is 5.94. The molecule has 6 heteroatoms. The Bertz CT molecular complexity index is 421. The van der Waals surface area contributed by atoms with Crippen LogP contribution in [0.15, 0.2) is 18.3 Å². The average Bonchev–Trinajstić information content (AvgIpc) is 2.39. The summed E-state index contributed by atoms with van der Waals surface area (Å²) in [7, 11) is 0. The molecule has 1 saturated heterocycles. The maximum Gasteiger partial charge on any atom is 0.255 e. The van der Waals surface area contributed by atoms with Crippen LogP contribution >= 0.6 is 0 Å². The minimum absolute atomic E-state index is 0.0159. The van der Waals surface area contributed by atoms with Gasteiger partial charge in [-0.05, 0) is 19.1 Å². The second kappa shape index (κ2) is 5.32. The lowest BCUT2D eigenvalue weighted by molar-refractivity contribution is -0.0667. The van der Waals surface area contributed by atoms with Gasteiger partial charge in [0.15, 0.2) is 0 Å². The molecule has 3 N–H and O–H groups in total. The highest BCUT2D eigenvalue weighted by Crippen LogP contribution is 2.15. The number of anilines is 1. The zero-order chi connectivity index (χ0) is 13.1. The van der Waals surface area contributed by atoms with Crippen molar-refractivity contribution in [2.75, 3.05) is 25.5 Å². The monoisotopic (exact) mass is 251 g/mol. The second-order valence-corrected chi connectivity index (χ2v) is 4.42. The first kappa shape index (κ1) is 12.8. The molecule has 98 valence electrons. The molecule has 6 nitrogen and oxygen atoms in total. The van der Waals surface area contributed by atoms with Crippen LogP contribution in [-0.2, 0) is 4.74 Å². The van der Waals surface area contributed by atoms with E-state index in [-0.39, 0.29) is 24.7 Å². The third-order valence-electron chi connectivity index (χ3n) is 3.00. The molecule has 2 unspecified atom stereocenters. The minimum Gasteiger partial charge on any atom is -0.394 e. The van der Waals surface area contributed by atoms with E-state index in [2.05, 4.69) is 4.98 Å². The first-order valence-electron chi connectivity index (χ1n) is 5.86. The van der Waals surface area contributed by atoms with Crippen molar-refractivity contribution >= 4 is 11.7 Å². The molecule has 2 rings (SSSR count). The van der Waals surface area contributed by atoms with Crippen LogP contribution in [0, 0.1) is 0 Å². The molecule has 1 amide bonds. The van der Waals surface area contributed by atoms with Crippen LogP contribution in [0.3, 0.4) is 0 Å². The number of aliphatic hydroxyl groups excluding tert-OH is 1. The lowest BCUT2D eigenvalue weighted by Crippen LogP contribution is -2.52. The molecule has 1 fully saturated rings. The normalized spacial score (nSPS) is 24.0. The van der Waals surface area contributed by atoms with Crippen molar-refractivity contribution < 1.29 is 14.6 Å². The summed E-state index contributed by atoms with van der Waals surface area (Å²) in [5.74, 6) is 0.270. The number of carbonyl (C=O) groups excluding carboxylic acids is 1. The van der Waals surface area contributed by atoms with Gasteiger partial charge in [0.2, 0.25) is 0 Å². The van der Waals surface area contributed by atoms with Gasteiger partial charge in [-0.25, -0.2) is 4.98 Å². The van der Waals surface area contributed by atoms with Gasteiger partial charge in [0.25, 0.3) is 5.91 Å². The molecule has 1 aromatic heterocycles. The summed E-state index contributed by atoms with van der Waals surface area (Å²) in [5.41, 5.74) is 5.98. The van der Waals surface area contributed by atoms with Crippen LogP contribution < -0.4 is 5.73 Å². The van der Waals surface area contributed by atoms with Crippen molar-refractivity contribution in [3.05, 3.63) is 23.9 Å². The number of morpholine rings is 1. The van der Waals surface area contributed by atoms with E-state index in [1.165, 1.54) is 6.20 Å². The van der Waals surface area contributed by atoms with Crippen molar-refractivity contribution in [3.63, 3.8) is 0 Å². The first-order chi connectivity index (χ1) is 8.61. The Labute approximate surface area is 105 Å². The summed E-state index contributed by atoms with van der Waals surface area (Å²) in [6, 6.07) is 3.24. The molecule has 18 heavy (non-hydrogen) atoms. The van der Waals surface area contributed by atoms with Gasteiger partial charge in [0.05, 0.1) is 30.9 Å². The van der Waals surface area contributed by atoms with Gasteiger partial charge >= 0.3 is 0 Å². The molecule has 0 spiro atoms. The number of nitrogens with two attached hydrogens (primary N) is 1. The van der Waals surface area contributed by atoms with Crippen LogP contribution in [0.2, 0.25) is 0 Å². The molecule has 0 radical (unpaired) electrons. The number of amides is 1. The summed E-state index contributed by atoms with van der Waals surface area (Å²) in [5, 5.41) is 9.09. The maximum atomic E-state index is 12.3. The minimum atomic E-state index is -0.313. The number of rotatable bonds is 2. The van der Waals surface area contributed by atoms with Crippen molar-refractivity contribution in [2.24, 2.45) is 0 Å². The number of hydrogen-bond acceptors (Lipinski definition) is 5. The fourth-order valence-corrected chi connectivity index (χ4v) is 1.91.